The van der Waals surface area contributed by atoms with Gasteiger partial charge in [0.1, 0.15) is 0 Å². The molecular weight excluding hydrogens is 267 g/mol. The van der Waals surface area contributed by atoms with E-state index in [0.29, 0.717) is 18.7 Å². The molecule has 2 nitrogen and oxygen atoms in total. The highest BCUT2D eigenvalue weighted by molar-refractivity contribution is 5.32. The van der Waals surface area contributed by atoms with Crippen LogP contribution in [0.15, 0.2) is 18.2 Å². The van der Waals surface area contributed by atoms with Crippen molar-refractivity contribution in [2.75, 3.05) is 20.2 Å². The Hall–Kier alpha value is -1.07. The van der Waals surface area contributed by atoms with E-state index in [1.807, 2.05) is 25.8 Å². The number of aryl methyl sites for hydroxylation is 1. The second kappa shape index (κ2) is 6.14. The first-order valence-electron chi connectivity index (χ1n) is 6.51. The molecule has 0 fully saturated rings. The summed E-state index contributed by atoms with van der Waals surface area (Å²) in [6.07, 6.45) is -4.31. The van der Waals surface area contributed by atoms with Gasteiger partial charge in [-0.1, -0.05) is 19.9 Å². The fourth-order valence-corrected chi connectivity index (χ4v) is 2.15. The van der Waals surface area contributed by atoms with Crippen molar-refractivity contribution in [1.82, 2.24) is 4.90 Å². The van der Waals surface area contributed by atoms with Crippen LogP contribution in [0.3, 0.4) is 0 Å². The van der Waals surface area contributed by atoms with Crippen LogP contribution in [-0.4, -0.2) is 30.2 Å². The Morgan fingerprint density at radius 3 is 2.30 bits per heavy atom. The van der Waals surface area contributed by atoms with Gasteiger partial charge in [0.2, 0.25) is 0 Å². The molecule has 1 rings (SSSR count). The van der Waals surface area contributed by atoms with Gasteiger partial charge in [-0.3, -0.25) is 0 Å². The van der Waals surface area contributed by atoms with Gasteiger partial charge in [-0.15, -0.1) is 0 Å². The molecule has 0 atom stereocenters. The smallest absolute Gasteiger partial charge is 0.396 e. The van der Waals surface area contributed by atoms with Crippen molar-refractivity contribution < 1.29 is 18.3 Å². The molecule has 0 heterocycles. The predicted octanol–water partition coefficient (Wildman–Crippen LogP) is 3.46. The molecule has 0 spiro atoms. The van der Waals surface area contributed by atoms with Crippen molar-refractivity contribution in [2.24, 2.45) is 5.41 Å². The van der Waals surface area contributed by atoms with E-state index in [-0.39, 0.29) is 12.0 Å². The highest BCUT2D eigenvalue weighted by Crippen LogP contribution is 2.31. The molecule has 1 N–H and O–H groups in total. The zero-order valence-corrected chi connectivity index (χ0v) is 12.4. The van der Waals surface area contributed by atoms with Crippen molar-refractivity contribution in [3.8, 4) is 0 Å². The van der Waals surface area contributed by atoms with Crippen LogP contribution < -0.4 is 0 Å². The maximum Gasteiger partial charge on any atom is 0.416 e. The van der Waals surface area contributed by atoms with Crippen LogP contribution in [0.4, 0.5) is 13.2 Å². The Balaban J connectivity index is 2.87. The molecular formula is C15H22F3NO. The minimum Gasteiger partial charge on any atom is -0.396 e. The maximum absolute atomic E-state index is 12.7. The number of halogens is 3. The van der Waals surface area contributed by atoms with Crippen molar-refractivity contribution in [3.05, 3.63) is 34.9 Å². The number of hydrogen-bond acceptors (Lipinski definition) is 2. The fraction of sp³-hybridized carbons (Fsp3) is 0.600. The van der Waals surface area contributed by atoms with Gasteiger partial charge in [-0.2, -0.15) is 13.2 Å². The largest absolute Gasteiger partial charge is 0.416 e. The van der Waals surface area contributed by atoms with E-state index < -0.39 is 11.7 Å². The maximum atomic E-state index is 12.7. The summed E-state index contributed by atoms with van der Waals surface area (Å²) in [4.78, 5) is 1.93. The van der Waals surface area contributed by atoms with Crippen molar-refractivity contribution in [2.45, 2.75) is 33.5 Å². The Morgan fingerprint density at radius 1 is 1.20 bits per heavy atom. The van der Waals surface area contributed by atoms with Gasteiger partial charge >= 0.3 is 6.18 Å². The monoisotopic (exact) mass is 289 g/mol. The zero-order chi connectivity index (χ0) is 15.6. The van der Waals surface area contributed by atoms with Gasteiger partial charge in [0.25, 0.3) is 0 Å². The number of rotatable bonds is 5. The molecule has 0 bridgehead atoms. The highest BCUT2D eigenvalue weighted by Gasteiger charge is 2.30. The van der Waals surface area contributed by atoms with E-state index in [1.54, 1.807) is 6.92 Å². The molecule has 114 valence electrons. The van der Waals surface area contributed by atoms with Crippen LogP contribution in [-0.2, 0) is 12.7 Å². The normalized spacial score (nSPS) is 13.1. The number of alkyl halides is 3. The van der Waals surface area contributed by atoms with Crippen LogP contribution in [0.1, 0.15) is 30.5 Å². The third kappa shape index (κ3) is 4.80. The molecule has 0 unspecified atom stereocenters. The van der Waals surface area contributed by atoms with E-state index >= 15 is 0 Å². The number of nitrogens with zero attached hydrogens (tertiary/aromatic N) is 1. The summed E-state index contributed by atoms with van der Waals surface area (Å²) in [6.45, 7) is 6.72. The van der Waals surface area contributed by atoms with Crippen LogP contribution in [0, 0.1) is 12.3 Å². The molecule has 0 aliphatic rings. The Labute approximate surface area is 118 Å². The van der Waals surface area contributed by atoms with E-state index in [2.05, 4.69) is 0 Å². The third-order valence-corrected chi connectivity index (χ3v) is 3.24. The molecule has 0 aliphatic carbocycles. The van der Waals surface area contributed by atoms with Gasteiger partial charge in [0, 0.05) is 25.1 Å². The Morgan fingerprint density at radius 2 is 1.80 bits per heavy atom. The Bertz CT molecular complexity index is 455. The topological polar surface area (TPSA) is 23.5 Å². The summed E-state index contributed by atoms with van der Waals surface area (Å²) in [5.41, 5.74) is 0.611. The molecule has 0 aliphatic heterocycles. The fourth-order valence-electron chi connectivity index (χ4n) is 2.15. The first kappa shape index (κ1) is 17.0. The summed E-state index contributed by atoms with van der Waals surface area (Å²) >= 11 is 0. The van der Waals surface area contributed by atoms with Gasteiger partial charge in [-0.25, -0.2) is 0 Å². The lowest BCUT2D eigenvalue weighted by Gasteiger charge is -2.29. The molecule has 1 aromatic carbocycles. The summed E-state index contributed by atoms with van der Waals surface area (Å²) < 4.78 is 38.1. The number of benzene rings is 1. The van der Waals surface area contributed by atoms with Crippen LogP contribution in [0.25, 0.3) is 0 Å². The summed E-state index contributed by atoms with van der Waals surface area (Å²) in [6, 6.07) is 3.82. The van der Waals surface area contributed by atoms with E-state index in [9.17, 15) is 18.3 Å². The van der Waals surface area contributed by atoms with Gasteiger partial charge < -0.3 is 10.0 Å². The molecule has 5 heteroatoms. The SMILES string of the molecule is Cc1ccc(C(F)(F)F)cc1CN(C)CC(C)(C)CO. The van der Waals surface area contributed by atoms with Crippen molar-refractivity contribution in [3.63, 3.8) is 0 Å². The lowest BCUT2D eigenvalue weighted by Crippen LogP contribution is -2.33. The molecule has 1 aromatic rings. The Kier molecular flexibility index (Phi) is 5.21. The molecule has 0 amide bonds. The number of aliphatic hydroxyl groups is 1. The second-order valence-corrected chi connectivity index (χ2v) is 6.13. The lowest BCUT2D eigenvalue weighted by atomic mass is 9.94. The van der Waals surface area contributed by atoms with Crippen molar-refractivity contribution >= 4 is 0 Å². The first-order chi connectivity index (χ1) is 9.05. The quantitative estimate of drug-likeness (QED) is 0.897. The molecule has 0 saturated heterocycles. The summed E-state index contributed by atoms with van der Waals surface area (Å²) in [5, 5.41) is 9.24. The molecule has 0 radical (unpaired) electrons. The zero-order valence-electron chi connectivity index (χ0n) is 12.4. The van der Waals surface area contributed by atoms with Crippen molar-refractivity contribution in [1.29, 1.82) is 0 Å². The van der Waals surface area contributed by atoms with Gasteiger partial charge in [0.15, 0.2) is 0 Å². The van der Waals surface area contributed by atoms with Gasteiger partial charge in [-0.05, 0) is 37.2 Å². The van der Waals surface area contributed by atoms with E-state index in [4.69, 9.17) is 0 Å². The van der Waals surface area contributed by atoms with E-state index in [0.717, 1.165) is 11.6 Å². The standard InChI is InChI=1S/C15H22F3NO/c1-11-5-6-13(15(16,17)18)7-12(11)8-19(4)9-14(2,3)10-20/h5-7,20H,8-10H2,1-4H3. The highest BCUT2D eigenvalue weighted by atomic mass is 19.4. The average molecular weight is 289 g/mol. The average Bonchev–Trinajstić information content (AvgIpc) is 2.30. The van der Waals surface area contributed by atoms with Crippen LogP contribution in [0.5, 0.6) is 0 Å². The number of hydrogen-bond donors (Lipinski definition) is 1. The minimum absolute atomic E-state index is 0.0406. The molecule has 0 saturated carbocycles. The lowest BCUT2D eigenvalue weighted by molar-refractivity contribution is -0.137. The second-order valence-electron chi connectivity index (χ2n) is 6.13. The van der Waals surface area contributed by atoms with Crippen LogP contribution >= 0.6 is 0 Å². The van der Waals surface area contributed by atoms with Gasteiger partial charge in [0.05, 0.1) is 5.56 Å². The minimum atomic E-state index is -4.31. The third-order valence-electron chi connectivity index (χ3n) is 3.24. The molecule has 20 heavy (non-hydrogen) atoms. The van der Waals surface area contributed by atoms with E-state index in [1.165, 1.54) is 12.1 Å². The number of aliphatic hydroxyl groups excluding tert-OH is 1. The van der Waals surface area contributed by atoms with Crippen LogP contribution in [0.2, 0.25) is 0 Å². The molecule has 0 aromatic heterocycles. The predicted molar refractivity (Wildman–Crippen MR) is 73.4 cm³/mol. The summed E-state index contributed by atoms with van der Waals surface area (Å²) in [7, 11) is 1.84. The summed E-state index contributed by atoms with van der Waals surface area (Å²) in [5.74, 6) is 0. The first-order valence-corrected chi connectivity index (χ1v) is 6.51.